The number of carboxylic acids is 1. The first-order valence-corrected chi connectivity index (χ1v) is 12.1. The Kier molecular flexibility index (Phi) is 5.42. The molecule has 0 spiro atoms. The van der Waals surface area contributed by atoms with Crippen LogP contribution in [0.15, 0.2) is 15.2 Å². The van der Waals surface area contributed by atoms with Crippen LogP contribution in [-0.4, -0.2) is 42.4 Å². The largest absolute Gasteiger partial charge is 0.487 e. The number of aromatic nitrogens is 5. The van der Waals surface area contributed by atoms with E-state index in [2.05, 4.69) is 25.3 Å². The lowest BCUT2D eigenvalue weighted by atomic mass is 9.92. The van der Waals surface area contributed by atoms with Crippen LogP contribution in [0.5, 0.6) is 11.8 Å². The van der Waals surface area contributed by atoms with Crippen molar-refractivity contribution in [3.63, 3.8) is 0 Å². The SMILES string of the molecule is Cc1nc(-c2onc(C)c2COc2noc(C3CC3)n2)ncc1OC1CC2CCC(C(=O)O)C2C1. The number of carbonyl (C=O) groups is 1. The fourth-order valence-corrected chi connectivity index (χ4v) is 5.45. The van der Waals surface area contributed by atoms with Gasteiger partial charge in [-0.1, -0.05) is 5.16 Å². The predicted molar refractivity (Wildman–Crippen MR) is 119 cm³/mol. The third-order valence-electron chi connectivity index (χ3n) is 7.50. The molecule has 3 aromatic heterocycles. The number of hydrogen-bond donors (Lipinski definition) is 1. The zero-order valence-corrected chi connectivity index (χ0v) is 19.6. The Morgan fingerprint density at radius 2 is 1.94 bits per heavy atom. The molecule has 11 nitrogen and oxygen atoms in total. The molecule has 4 atom stereocenters. The summed E-state index contributed by atoms with van der Waals surface area (Å²) in [5, 5.41) is 17.4. The van der Waals surface area contributed by atoms with Crippen molar-refractivity contribution in [1.82, 2.24) is 25.3 Å². The minimum Gasteiger partial charge on any atom is -0.487 e. The van der Waals surface area contributed by atoms with E-state index in [1.165, 1.54) is 0 Å². The number of aryl methyl sites for hydroxylation is 2. The summed E-state index contributed by atoms with van der Waals surface area (Å²) in [6, 6.07) is 0.186. The van der Waals surface area contributed by atoms with E-state index in [1.807, 2.05) is 13.8 Å². The van der Waals surface area contributed by atoms with Crippen LogP contribution in [0.3, 0.4) is 0 Å². The first-order chi connectivity index (χ1) is 17.0. The fraction of sp³-hybridized carbons (Fsp3) is 0.583. The molecule has 0 radical (unpaired) electrons. The van der Waals surface area contributed by atoms with E-state index < -0.39 is 5.97 Å². The summed E-state index contributed by atoms with van der Waals surface area (Å²) in [6.45, 7) is 3.82. The quantitative estimate of drug-likeness (QED) is 0.500. The van der Waals surface area contributed by atoms with Gasteiger partial charge >= 0.3 is 12.0 Å². The van der Waals surface area contributed by atoms with Gasteiger partial charge in [0.2, 0.25) is 11.7 Å². The molecule has 0 amide bonds. The topological polar surface area (TPSA) is 146 Å². The van der Waals surface area contributed by atoms with Gasteiger partial charge in [0, 0.05) is 5.92 Å². The maximum Gasteiger partial charge on any atom is 0.354 e. The van der Waals surface area contributed by atoms with Gasteiger partial charge in [0.05, 0.1) is 35.2 Å². The molecular formula is C24H27N5O6. The van der Waals surface area contributed by atoms with Crippen LogP contribution in [0.1, 0.15) is 67.3 Å². The number of carboxylic acid groups (broad SMARTS) is 1. The van der Waals surface area contributed by atoms with Crippen molar-refractivity contribution in [2.24, 2.45) is 17.8 Å². The number of aliphatic carboxylic acids is 1. The molecule has 3 heterocycles. The number of ether oxygens (including phenoxy) is 2. The zero-order valence-electron chi connectivity index (χ0n) is 19.6. The smallest absolute Gasteiger partial charge is 0.354 e. The van der Waals surface area contributed by atoms with Crippen LogP contribution in [-0.2, 0) is 11.4 Å². The molecule has 3 aliphatic rings. The van der Waals surface area contributed by atoms with E-state index in [4.69, 9.17) is 18.5 Å². The summed E-state index contributed by atoms with van der Waals surface area (Å²) in [6.07, 6.45) is 7.11. The first-order valence-electron chi connectivity index (χ1n) is 12.1. The standard InChI is InChI=1S/C24H27N5O6/c1-11-18(10-32-24-27-22(35-29-24)13-3-4-13)20(34-28-11)21-25-9-19(12(2)26-21)33-15-7-14-5-6-16(23(30)31)17(14)8-15/h9,13-17H,3-8,10H2,1-2H3,(H,30,31). The highest BCUT2D eigenvalue weighted by molar-refractivity contribution is 5.71. The number of nitrogens with zero attached hydrogens (tertiary/aromatic N) is 5. The van der Waals surface area contributed by atoms with Crippen LogP contribution in [0.4, 0.5) is 0 Å². The molecule has 1 N–H and O–H groups in total. The number of fused-ring (bicyclic) bond motifs is 1. The molecule has 0 aliphatic heterocycles. The Labute approximate surface area is 201 Å². The second-order valence-electron chi connectivity index (χ2n) is 9.85. The van der Waals surface area contributed by atoms with Crippen molar-refractivity contribution < 1.29 is 28.4 Å². The maximum absolute atomic E-state index is 11.5. The monoisotopic (exact) mass is 481 g/mol. The Balaban J connectivity index is 1.14. The van der Waals surface area contributed by atoms with Crippen LogP contribution < -0.4 is 9.47 Å². The summed E-state index contributed by atoms with van der Waals surface area (Å²) in [5.41, 5.74) is 2.05. The molecule has 3 aliphatic carbocycles. The molecule has 0 aromatic carbocycles. The molecule has 6 rings (SSSR count). The summed E-state index contributed by atoms with van der Waals surface area (Å²) in [4.78, 5) is 24.9. The van der Waals surface area contributed by atoms with E-state index in [0.717, 1.165) is 38.5 Å². The van der Waals surface area contributed by atoms with Crippen molar-refractivity contribution in [2.45, 2.75) is 71.0 Å². The number of hydrogen-bond acceptors (Lipinski definition) is 10. The highest BCUT2D eigenvalue weighted by Gasteiger charge is 2.47. The molecule has 4 unspecified atom stereocenters. The van der Waals surface area contributed by atoms with Gasteiger partial charge in [0.15, 0.2) is 11.6 Å². The van der Waals surface area contributed by atoms with E-state index in [-0.39, 0.29) is 30.6 Å². The van der Waals surface area contributed by atoms with Crippen molar-refractivity contribution in [3.8, 4) is 23.3 Å². The molecule has 184 valence electrons. The van der Waals surface area contributed by atoms with Crippen LogP contribution in [0, 0.1) is 31.6 Å². The molecule has 0 bridgehead atoms. The molecule has 11 heteroatoms. The van der Waals surface area contributed by atoms with Crippen molar-refractivity contribution in [2.75, 3.05) is 0 Å². The molecule has 3 aromatic rings. The summed E-state index contributed by atoms with van der Waals surface area (Å²) >= 11 is 0. The molecule has 0 saturated heterocycles. The highest BCUT2D eigenvalue weighted by atomic mass is 16.6. The number of rotatable bonds is 8. The van der Waals surface area contributed by atoms with Crippen molar-refractivity contribution in [1.29, 1.82) is 0 Å². The van der Waals surface area contributed by atoms with Crippen molar-refractivity contribution in [3.05, 3.63) is 29.0 Å². The minimum absolute atomic E-state index is 0.0210. The summed E-state index contributed by atoms with van der Waals surface area (Å²) < 4.78 is 22.7. The van der Waals surface area contributed by atoms with Gasteiger partial charge in [-0.05, 0) is 69.4 Å². The molecule has 35 heavy (non-hydrogen) atoms. The third kappa shape index (κ3) is 4.23. The second kappa shape index (κ2) is 8.62. The van der Waals surface area contributed by atoms with Crippen LogP contribution >= 0.6 is 0 Å². The second-order valence-corrected chi connectivity index (χ2v) is 9.85. The Morgan fingerprint density at radius 3 is 2.71 bits per heavy atom. The lowest BCUT2D eigenvalue weighted by Gasteiger charge is -2.17. The van der Waals surface area contributed by atoms with E-state index in [9.17, 15) is 9.90 Å². The molecule has 3 fully saturated rings. The Hall–Kier alpha value is -3.50. The molecular weight excluding hydrogens is 454 g/mol. The maximum atomic E-state index is 11.5. The van der Waals surface area contributed by atoms with Gasteiger partial charge in [0.25, 0.3) is 0 Å². The van der Waals surface area contributed by atoms with E-state index in [0.29, 0.717) is 52.0 Å². The lowest BCUT2D eigenvalue weighted by molar-refractivity contribution is -0.143. The van der Waals surface area contributed by atoms with Gasteiger partial charge in [-0.15, -0.1) is 0 Å². The summed E-state index contributed by atoms with van der Waals surface area (Å²) in [5.74, 6) is 2.03. The van der Waals surface area contributed by atoms with Gasteiger partial charge in [-0.2, -0.15) is 4.98 Å². The van der Waals surface area contributed by atoms with Gasteiger partial charge in [-0.25, -0.2) is 9.97 Å². The Morgan fingerprint density at radius 1 is 1.09 bits per heavy atom. The first kappa shape index (κ1) is 22.0. The van der Waals surface area contributed by atoms with E-state index in [1.54, 1.807) is 6.20 Å². The molecule has 3 saturated carbocycles. The fourth-order valence-electron chi connectivity index (χ4n) is 5.45. The van der Waals surface area contributed by atoms with Gasteiger partial charge in [-0.3, -0.25) is 4.79 Å². The minimum atomic E-state index is -0.688. The average Bonchev–Trinajstić information content (AvgIpc) is 3.12. The normalized spacial score (nSPS) is 25.5. The van der Waals surface area contributed by atoms with Crippen LogP contribution in [0.25, 0.3) is 11.6 Å². The van der Waals surface area contributed by atoms with Crippen molar-refractivity contribution >= 4 is 5.97 Å². The van der Waals surface area contributed by atoms with Gasteiger partial charge < -0.3 is 23.6 Å². The predicted octanol–water partition coefficient (Wildman–Crippen LogP) is 3.86. The van der Waals surface area contributed by atoms with E-state index >= 15 is 0 Å². The van der Waals surface area contributed by atoms with Gasteiger partial charge in [0.1, 0.15) is 6.61 Å². The van der Waals surface area contributed by atoms with Crippen LogP contribution in [0.2, 0.25) is 0 Å². The lowest BCUT2D eigenvalue weighted by Crippen LogP contribution is -2.21. The Bertz CT molecular complexity index is 1250. The average molecular weight is 482 g/mol. The summed E-state index contributed by atoms with van der Waals surface area (Å²) in [7, 11) is 0. The zero-order chi connectivity index (χ0) is 24.1. The third-order valence-corrected chi connectivity index (χ3v) is 7.50. The highest BCUT2D eigenvalue weighted by Crippen LogP contribution is 2.48.